The Morgan fingerprint density at radius 2 is 1.52 bits per heavy atom. The van der Waals surface area contributed by atoms with E-state index < -0.39 is 43.8 Å². The van der Waals surface area contributed by atoms with Crippen molar-refractivity contribution in [1.29, 1.82) is 0 Å². The number of rotatable bonds is 6. The molecule has 1 aromatic heterocycles. The predicted molar refractivity (Wildman–Crippen MR) is 168 cm³/mol. The summed E-state index contributed by atoms with van der Waals surface area (Å²) in [5.74, 6) is -0.391. The Bertz CT molecular complexity index is 1600. The quantitative estimate of drug-likeness (QED) is 0.291. The Morgan fingerprint density at radius 1 is 0.881 bits per heavy atom. The lowest BCUT2D eigenvalue weighted by Crippen LogP contribution is -2.27. The first-order valence-electron chi connectivity index (χ1n) is 13.5. The molecular weight excluding hydrogens is 574 g/mol. The van der Waals surface area contributed by atoms with Crippen LogP contribution in [0.2, 0.25) is 0 Å². The fraction of sp³-hybridized carbons (Fsp3) is 0.387. The molecule has 0 saturated heterocycles. The van der Waals surface area contributed by atoms with Gasteiger partial charge in [0.25, 0.3) is 5.91 Å². The molecule has 0 radical (unpaired) electrons. The maximum Gasteiger partial charge on any atom is 0.442 e. The summed E-state index contributed by atoms with van der Waals surface area (Å²) in [6, 6.07) is 16.1. The topological polar surface area (TPSA) is 123 Å². The van der Waals surface area contributed by atoms with E-state index in [1.807, 2.05) is 23.6 Å². The number of carbonyl (C=O) groups excluding carboxylic acids is 3. The van der Waals surface area contributed by atoms with Crippen molar-refractivity contribution in [2.24, 2.45) is 4.36 Å². The van der Waals surface area contributed by atoms with E-state index >= 15 is 0 Å². The first-order valence-corrected chi connectivity index (χ1v) is 16.3. The number of nitrogens with zero attached hydrogens (tertiary/aromatic N) is 1. The second kappa shape index (κ2) is 11.5. The summed E-state index contributed by atoms with van der Waals surface area (Å²) >= 11 is 1.56. The number of hydrogen-bond donors (Lipinski definition) is 2. The van der Waals surface area contributed by atoms with E-state index in [9.17, 15) is 18.6 Å². The smallest absolute Gasteiger partial charge is 0.442 e. The van der Waals surface area contributed by atoms with Gasteiger partial charge in [0.15, 0.2) is 0 Å². The lowest BCUT2D eigenvalue weighted by atomic mass is 10.1. The van der Waals surface area contributed by atoms with Crippen molar-refractivity contribution < 1.29 is 28.1 Å². The maximum atomic E-state index is 13.6. The number of carbonyl (C=O) groups is 3. The highest BCUT2D eigenvalue weighted by molar-refractivity contribution is 7.94. The SMILES string of the molecule is CC(C)(C)OC(=O)N=S(C)(=O)C1(c2ccc(C(=O)Nc3cc(-c4cccs4)ccc3NC(=O)OC(C)(C)C)cc2)CC1. The first kappa shape index (κ1) is 31.2. The van der Waals surface area contributed by atoms with Crippen LogP contribution in [0.25, 0.3) is 10.4 Å². The van der Waals surface area contributed by atoms with E-state index in [2.05, 4.69) is 15.0 Å². The van der Waals surface area contributed by atoms with E-state index in [1.165, 1.54) is 6.26 Å². The maximum absolute atomic E-state index is 13.6. The Balaban J connectivity index is 1.57. The van der Waals surface area contributed by atoms with Gasteiger partial charge in [0, 0.05) is 16.7 Å². The summed E-state index contributed by atoms with van der Waals surface area (Å²) in [5.41, 5.74) is 1.36. The Morgan fingerprint density at radius 3 is 2.07 bits per heavy atom. The van der Waals surface area contributed by atoms with Crippen LogP contribution in [0.3, 0.4) is 0 Å². The lowest BCUT2D eigenvalue weighted by molar-refractivity contribution is 0.0603. The van der Waals surface area contributed by atoms with Crippen LogP contribution in [0, 0.1) is 0 Å². The van der Waals surface area contributed by atoms with Gasteiger partial charge in [0.1, 0.15) is 11.2 Å². The number of amides is 3. The average Bonchev–Trinajstić information content (AvgIpc) is 3.50. The number of anilines is 2. The van der Waals surface area contributed by atoms with E-state index in [0.29, 0.717) is 29.8 Å². The number of benzene rings is 2. The van der Waals surface area contributed by atoms with Crippen molar-refractivity contribution in [2.45, 2.75) is 70.3 Å². The van der Waals surface area contributed by atoms with E-state index in [1.54, 1.807) is 89.3 Å². The van der Waals surface area contributed by atoms with Crippen LogP contribution in [0.15, 0.2) is 64.3 Å². The molecule has 2 N–H and O–H groups in total. The number of thiophene rings is 1. The molecule has 1 heterocycles. The summed E-state index contributed by atoms with van der Waals surface area (Å²) in [7, 11) is -2.96. The van der Waals surface area contributed by atoms with Gasteiger partial charge in [-0.2, -0.15) is 0 Å². The predicted octanol–water partition coefficient (Wildman–Crippen LogP) is 8.04. The molecular formula is C31H37N3O6S2. The third-order valence-corrected chi connectivity index (χ3v) is 9.96. The van der Waals surface area contributed by atoms with Gasteiger partial charge >= 0.3 is 12.2 Å². The van der Waals surface area contributed by atoms with Crippen LogP contribution in [0.1, 0.15) is 70.3 Å². The van der Waals surface area contributed by atoms with Crippen molar-refractivity contribution in [2.75, 3.05) is 16.9 Å². The van der Waals surface area contributed by atoms with E-state index in [4.69, 9.17) is 9.47 Å². The highest BCUT2D eigenvalue weighted by atomic mass is 32.2. The summed E-state index contributed by atoms with van der Waals surface area (Å²) < 4.78 is 27.4. The largest absolute Gasteiger partial charge is 0.444 e. The molecule has 1 aliphatic rings. The molecule has 224 valence electrons. The standard InChI is InChI=1S/C31H37N3O6S2/c1-29(2,3)39-27(36)33-23-15-12-21(25-9-8-18-41-25)19-24(23)32-26(35)20-10-13-22(14-11-20)31(16-17-31)42(7,38)34-28(37)40-30(4,5)6/h8-15,18-19H,16-17H2,1-7H3,(H,32,35)(H,33,36). The van der Waals surface area contributed by atoms with Crippen molar-refractivity contribution in [1.82, 2.24) is 0 Å². The van der Waals surface area contributed by atoms with Crippen molar-refractivity contribution in [3.05, 3.63) is 71.1 Å². The molecule has 9 nitrogen and oxygen atoms in total. The molecule has 42 heavy (non-hydrogen) atoms. The highest BCUT2D eigenvalue weighted by Crippen LogP contribution is 2.53. The highest BCUT2D eigenvalue weighted by Gasteiger charge is 2.52. The molecule has 11 heteroatoms. The molecule has 3 aromatic rings. The molecule has 0 bridgehead atoms. The number of ether oxygens (including phenoxy) is 2. The second-order valence-corrected chi connectivity index (χ2v) is 15.8. The van der Waals surface area contributed by atoms with E-state index in [-0.39, 0.29) is 0 Å². The molecule has 0 spiro atoms. The Hall–Kier alpha value is -3.70. The lowest BCUT2D eigenvalue weighted by Gasteiger charge is -2.21. The van der Waals surface area contributed by atoms with Crippen LogP contribution >= 0.6 is 11.3 Å². The van der Waals surface area contributed by atoms with Gasteiger partial charge in [-0.1, -0.05) is 24.3 Å². The third-order valence-electron chi connectivity index (χ3n) is 6.45. The Labute approximate surface area is 251 Å². The molecule has 1 saturated carbocycles. The number of hydrogen-bond acceptors (Lipinski definition) is 7. The average molecular weight is 612 g/mol. The molecule has 1 fully saturated rings. The van der Waals surface area contributed by atoms with Gasteiger partial charge in [-0.25, -0.2) is 13.8 Å². The van der Waals surface area contributed by atoms with Crippen LogP contribution in [-0.2, 0) is 23.9 Å². The molecule has 1 unspecified atom stereocenters. The fourth-order valence-corrected chi connectivity index (χ4v) is 7.05. The van der Waals surface area contributed by atoms with Crippen LogP contribution < -0.4 is 10.6 Å². The van der Waals surface area contributed by atoms with Gasteiger partial charge in [0.05, 0.1) is 25.9 Å². The molecule has 1 atom stereocenters. The fourth-order valence-electron chi connectivity index (χ4n) is 4.40. The van der Waals surface area contributed by atoms with Crippen LogP contribution in [-0.4, -0.2) is 39.8 Å². The van der Waals surface area contributed by atoms with Gasteiger partial charge in [-0.15, -0.1) is 15.7 Å². The molecule has 1 aliphatic carbocycles. The van der Waals surface area contributed by atoms with Crippen molar-refractivity contribution in [3.63, 3.8) is 0 Å². The van der Waals surface area contributed by atoms with Gasteiger partial charge < -0.3 is 14.8 Å². The second-order valence-electron chi connectivity index (χ2n) is 12.3. The summed E-state index contributed by atoms with van der Waals surface area (Å²) in [5, 5.41) is 7.60. The third kappa shape index (κ3) is 7.57. The zero-order valence-electron chi connectivity index (χ0n) is 24.9. The zero-order valence-corrected chi connectivity index (χ0v) is 26.5. The van der Waals surface area contributed by atoms with Gasteiger partial charge in [-0.3, -0.25) is 10.1 Å². The van der Waals surface area contributed by atoms with Gasteiger partial charge in [0.2, 0.25) is 0 Å². The van der Waals surface area contributed by atoms with Crippen molar-refractivity contribution >= 4 is 50.5 Å². The monoisotopic (exact) mass is 611 g/mol. The van der Waals surface area contributed by atoms with Crippen molar-refractivity contribution in [3.8, 4) is 10.4 Å². The van der Waals surface area contributed by atoms with Gasteiger partial charge in [-0.05, 0) is 101 Å². The molecule has 3 amide bonds. The molecule has 4 rings (SSSR count). The molecule has 2 aromatic carbocycles. The summed E-state index contributed by atoms with van der Waals surface area (Å²) in [6.45, 7) is 10.5. The first-order chi connectivity index (χ1) is 19.5. The van der Waals surface area contributed by atoms with E-state index in [0.717, 1.165) is 16.0 Å². The minimum absolute atomic E-state index is 0.367. The zero-order chi connectivity index (χ0) is 30.9. The van der Waals surface area contributed by atoms with Crippen LogP contribution in [0.5, 0.6) is 0 Å². The normalized spacial score (nSPS) is 15.6. The molecule has 0 aliphatic heterocycles. The summed E-state index contributed by atoms with van der Waals surface area (Å²) in [6.07, 6.45) is 1.20. The number of nitrogens with one attached hydrogen (secondary N) is 2. The Kier molecular flexibility index (Phi) is 8.57. The minimum Gasteiger partial charge on any atom is -0.444 e. The minimum atomic E-state index is -2.96. The summed E-state index contributed by atoms with van der Waals surface area (Å²) in [4.78, 5) is 39.2. The van der Waals surface area contributed by atoms with Crippen LogP contribution in [0.4, 0.5) is 21.0 Å².